The number of benzene rings is 3. The van der Waals surface area contributed by atoms with Gasteiger partial charge in [0, 0.05) is 10.7 Å². The monoisotopic (exact) mass is 588 g/mol. The van der Waals surface area contributed by atoms with Crippen molar-refractivity contribution < 1.29 is 19.1 Å². The first-order valence-corrected chi connectivity index (χ1v) is 13.3. The lowest BCUT2D eigenvalue weighted by Crippen LogP contribution is -2.36. The molecule has 3 aromatic rings. The number of ether oxygens (including phenoxy) is 2. The van der Waals surface area contributed by atoms with Crippen LogP contribution in [0.2, 0.25) is 15.1 Å². The number of aliphatic imine (C=N–C) groups is 1. The predicted octanol–water partition coefficient (Wildman–Crippen LogP) is 7.04. The minimum absolute atomic E-state index is 0.0311. The number of methoxy groups -OCH3 is 1. The van der Waals surface area contributed by atoms with Gasteiger partial charge in [-0.25, -0.2) is 10.0 Å². The van der Waals surface area contributed by atoms with Gasteiger partial charge < -0.3 is 14.8 Å². The smallest absolute Gasteiger partial charge is 0.265 e. The van der Waals surface area contributed by atoms with Crippen LogP contribution in [0.4, 0.5) is 17.1 Å². The van der Waals surface area contributed by atoms with Crippen molar-refractivity contribution in [3.8, 4) is 11.5 Å². The van der Waals surface area contributed by atoms with E-state index in [0.29, 0.717) is 40.2 Å². The number of hydrogen-bond acceptors (Lipinski definition) is 5. The molecular formula is C28H27Cl3N4O4. The lowest BCUT2D eigenvalue weighted by molar-refractivity contribution is -0.122. The van der Waals surface area contributed by atoms with E-state index in [-0.39, 0.29) is 34.0 Å². The Hall–Kier alpha value is -3.46. The fraction of sp³-hybridized carbons (Fsp3) is 0.250. The van der Waals surface area contributed by atoms with Gasteiger partial charge in [0.2, 0.25) is 0 Å². The van der Waals surface area contributed by atoms with Crippen LogP contribution in [0.15, 0.2) is 53.5 Å². The maximum absolute atomic E-state index is 13.1. The summed E-state index contributed by atoms with van der Waals surface area (Å²) in [6.45, 7) is 5.83. The standard InChI is InChI=1S/C28H27Cl3N4O4/c1-5-22(39-23-8-6-15(2)10-16(23)3)28(37)32-18-7-9-24(38-4)21(13-18)33-25-14-26(36)35(34-25)27-19(30)11-17(29)12-20(27)31/h6-13,22H,5,14H2,1-4H3,(H,32,37)(H,33,34). The summed E-state index contributed by atoms with van der Waals surface area (Å²) in [6, 6.07) is 13.9. The largest absolute Gasteiger partial charge is 0.494 e. The molecular weight excluding hydrogens is 563 g/mol. The quantitative estimate of drug-likeness (QED) is 0.294. The van der Waals surface area contributed by atoms with Crippen molar-refractivity contribution in [3.05, 3.63) is 74.7 Å². The summed E-state index contributed by atoms with van der Waals surface area (Å²) in [6.07, 6.45) is -0.251. The van der Waals surface area contributed by atoms with Gasteiger partial charge >= 0.3 is 0 Å². The van der Waals surface area contributed by atoms with Crippen molar-refractivity contribution in [1.29, 1.82) is 0 Å². The molecule has 1 heterocycles. The summed E-state index contributed by atoms with van der Waals surface area (Å²) >= 11 is 18.6. The molecule has 1 aliphatic heterocycles. The van der Waals surface area contributed by atoms with Crippen LogP contribution < -0.4 is 25.2 Å². The third-order valence-corrected chi connectivity index (χ3v) is 6.77. The highest BCUT2D eigenvalue weighted by Crippen LogP contribution is 2.38. The number of nitrogens with zero attached hydrogens (tertiary/aromatic N) is 2. The Balaban J connectivity index is 1.54. The molecule has 0 aliphatic carbocycles. The third-order valence-electron chi connectivity index (χ3n) is 5.98. The Morgan fingerprint density at radius 1 is 1.08 bits per heavy atom. The molecule has 1 aliphatic rings. The molecule has 1 saturated heterocycles. The number of hydrogen-bond donors (Lipinski definition) is 2. The van der Waals surface area contributed by atoms with E-state index < -0.39 is 6.10 Å². The van der Waals surface area contributed by atoms with Crippen molar-refractivity contribution in [2.75, 3.05) is 17.4 Å². The lowest BCUT2D eigenvalue weighted by Gasteiger charge is -2.19. The molecule has 8 nitrogen and oxygen atoms in total. The average molecular weight is 590 g/mol. The van der Waals surface area contributed by atoms with Crippen LogP contribution in [-0.4, -0.2) is 30.9 Å². The summed E-state index contributed by atoms with van der Waals surface area (Å²) in [7, 11) is 1.51. The van der Waals surface area contributed by atoms with Gasteiger partial charge in [-0.1, -0.05) is 59.4 Å². The molecule has 39 heavy (non-hydrogen) atoms. The van der Waals surface area contributed by atoms with Gasteiger partial charge in [0.25, 0.3) is 11.8 Å². The first-order chi connectivity index (χ1) is 18.6. The van der Waals surface area contributed by atoms with E-state index in [1.807, 2.05) is 39.0 Å². The van der Waals surface area contributed by atoms with Crippen LogP contribution in [0.25, 0.3) is 0 Å². The highest BCUT2D eigenvalue weighted by molar-refractivity contribution is 6.42. The Bertz CT molecular complexity index is 1440. The first kappa shape index (κ1) is 28.5. The Morgan fingerprint density at radius 3 is 2.41 bits per heavy atom. The fourth-order valence-corrected chi connectivity index (χ4v) is 5.06. The summed E-state index contributed by atoms with van der Waals surface area (Å²) in [5, 5.41) is 4.90. The zero-order chi connectivity index (χ0) is 28.3. The van der Waals surface area contributed by atoms with Crippen molar-refractivity contribution in [2.24, 2.45) is 4.99 Å². The SMILES string of the molecule is CCC(Oc1ccc(C)cc1C)C(=O)Nc1ccc(OC)c(N=C2CC(=O)N(c3c(Cl)cc(Cl)cc3Cl)N2)c1. The Kier molecular flexibility index (Phi) is 8.90. The van der Waals surface area contributed by atoms with Crippen LogP contribution in [0.5, 0.6) is 11.5 Å². The molecule has 0 radical (unpaired) electrons. The van der Waals surface area contributed by atoms with E-state index in [1.54, 1.807) is 18.2 Å². The normalized spacial score (nSPS) is 14.8. The highest BCUT2D eigenvalue weighted by Gasteiger charge is 2.30. The van der Waals surface area contributed by atoms with Crippen LogP contribution >= 0.6 is 34.8 Å². The average Bonchev–Trinajstić information content (AvgIpc) is 3.22. The van der Waals surface area contributed by atoms with Crippen molar-refractivity contribution in [2.45, 2.75) is 39.7 Å². The van der Waals surface area contributed by atoms with E-state index in [0.717, 1.165) is 11.1 Å². The molecule has 1 unspecified atom stereocenters. The van der Waals surface area contributed by atoms with Gasteiger partial charge in [0.05, 0.1) is 23.6 Å². The molecule has 1 atom stereocenters. The molecule has 11 heteroatoms. The number of anilines is 2. The van der Waals surface area contributed by atoms with E-state index >= 15 is 0 Å². The number of amidine groups is 1. The molecule has 2 amide bonds. The van der Waals surface area contributed by atoms with Gasteiger partial charge in [-0.05, 0) is 62.2 Å². The first-order valence-electron chi connectivity index (χ1n) is 12.1. The summed E-state index contributed by atoms with van der Waals surface area (Å²) in [5.74, 6) is 0.848. The van der Waals surface area contributed by atoms with E-state index in [1.165, 1.54) is 24.3 Å². The summed E-state index contributed by atoms with van der Waals surface area (Å²) in [4.78, 5) is 30.4. The topological polar surface area (TPSA) is 92.3 Å². The second-order valence-corrected chi connectivity index (χ2v) is 10.2. The van der Waals surface area contributed by atoms with Gasteiger partial charge in [0.1, 0.15) is 28.7 Å². The van der Waals surface area contributed by atoms with E-state index in [9.17, 15) is 9.59 Å². The summed E-state index contributed by atoms with van der Waals surface area (Å²) in [5.41, 5.74) is 6.19. The molecule has 3 aromatic carbocycles. The number of aryl methyl sites for hydroxylation is 2. The van der Waals surface area contributed by atoms with Crippen LogP contribution in [0, 0.1) is 13.8 Å². The molecule has 204 valence electrons. The number of carbonyl (C=O) groups is 2. The molecule has 0 saturated carbocycles. The van der Waals surface area contributed by atoms with Crippen molar-refractivity contribution in [1.82, 2.24) is 5.43 Å². The van der Waals surface area contributed by atoms with Crippen molar-refractivity contribution in [3.63, 3.8) is 0 Å². The van der Waals surface area contributed by atoms with Crippen LogP contribution in [-0.2, 0) is 9.59 Å². The molecule has 0 spiro atoms. The third kappa shape index (κ3) is 6.58. The van der Waals surface area contributed by atoms with Crippen molar-refractivity contribution >= 4 is 69.5 Å². The van der Waals surface area contributed by atoms with Crippen LogP contribution in [0.3, 0.4) is 0 Å². The number of halogens is 3. The van der Waals surface area contributed by atoms with Gasteiger partial charge in [0.15, 0.2) is 6.10 Å². The Morgan fingerprint density at radius 2 is 1.77 bits per heavy atom. The van der Waals surface area contributed by atoms with E-state index in [2.05, 4.69) is 15.7 Å². The minimum Gasteiger partial charge on any atom is -0.494 e. The minimum atomic E-state index is -0.695. The molecule has 4 rings (SSSR count). The predicted molar refractivity (Wildman–Crippen MR) is 156 cm³/mol. The molecule has 1 fully saturated rings. The number of hydrazine groups is 1. The number of rotatable bonds is 8. The van der Waals surface area contributed by atoms with E-state index in [4.69, 9.17) is 44.3 Å². The van der Waals surface area contributed by atoms with Crippen LogP contribution in [0.1, 0.15) is 30.9 Å². The molecule has 2 N–H and O–H groups in total. The molecule has 0 bridgehead atoms. The maximum Gasteiger partial charge on any atom is 0.265 e. The zero-order valence-corrected chi connectivity index (χ0v) is 24.0. The highest BCUT2D eigenvalue weighted by atomic mass is 35.5. The van der Waals surface area contributed by atoms with Gasteiger partial charge in [-0.3, -0.25) is 15.0 Å². The summed E-state index contributed by atoms with van der Waals surface area (Å²) < 4.78 is 11.5. The van der Waals surface area contributed by atoms with Gasteiger partial charge in [-0.2, -0.15) is 0 Å². The number of carbonyl (C=O) groups excluding carboxylic acids is 2. The zero-order valence-electron chi connectivity index (χ0n) is 21.8. The maximum atomic E-state index is 13.1. The number of nitrogens with one attached hydrogen (secondary N) is 2. The second-order valence-electron chi connectivity index (χ2n) is 8.95. The lowest BCUT2D eigenvalue weighted by atomic mass is 10.1. The second kappa shape index (κ2) is 12.2. The Labute approximate surface area is 241 Å². The fourth-order valence-electron chi connectivity index (χ4n) is 4.08. The number of amides is 2. The van der Waals surface area contributed by atoms with Gasteiger partial charge in [-0.15, -0.1) is 0 Å². The molecule has 0 aromatic heterocycles.